The summed E-state index contributed by atoms with van der Waals surface area (Å²) in [5.41, 5.74) is 0.0113. The summed E-state index contributed by atoms with van der Waals surface area (Å²) in [5.74, 6) is -1.89. The van der Waals surface area contributed by atoms with Gasteiger partial charge < -0.3 is 14.4 Å². The summed E-state index contributed by atoms with van der Waals surface area (Å²) in [7, 11) is 2.97. The molecule has 1 N–H and O–H groups in total. The van der Waals surface area contributed by atoms with Crippen molar-refractivity contribution in [3.05, 3.63) is 23.8 Å². The molecular formula is C10H9FN2O3. The Labute approximate surface area is 90.1 Å². The zero-order valence-corrected chi connectivity index (χ0v) is 8.69. The van der Waals surface area contributed by atoms with Crippen molar-refractivity contribution in [1.29, 1.82) is 0 Å². The molecule has 84 valence electrons. The maximum Gasteiger partial charge on any atom is 0.338 e. The number of aromatic nitrogens is 2. The average molecular weight is 224 g/mol. The SMILES string of the molecule is COc1cc(C(=O)O)c(F)c2c1ncn2C. The van der Waals surface area contributed by atoms with Crippen LogP contribution in [0.15, 0.2) is 12.4 Å². The van der Waals surface area contributed by atoms with Crippen molar-refractivity contribution >= 4 is 17.0 Å². The molecule has 2 aromatic rings. The van der Waals surface area contributed by atoms with Crippen LogP contribution in [0.2, 0.25) is 0 Å². The number of imidazole rings is 1. The Hall–Kier alpha value is -2.11. The van der Waals surface area contributed by atoms with Crippen LogP contribution < -0.4 is 4.74 Å². The van der Waals surface area contributed by atoms with Gasteiger partial charge in [0.25, 0.3) is 0 Å². The maximum absolute atomic E-state index is 13.8. The van der Waals surface area contributed by atoms with Gasteiger partial charge in [-0.15, -0.1) is 0 Å². The van der Waals surface area contributed by atoms with Crippen molar-refractivity contribution in [2.24, 2.45) is 7.05 Å². The number of benzene rings is 1. The average Bonchev–Trinajstić information content (AvgIpc) is 2.62. The first-order valence-corrected chi connectivity index (χ1v) is 4.47. The van der Waals surface area contributed by atoms with E-state index in [0.717, 1.165) is 6.07 Å². The van der Waals surface area contributed by atoms with E-state index >= 15 is 0 Å². The molecule has 0 aliphatic heterocycles. The predicted octanol–water partition coefficient (Wildman–Crippen LogP) is 1.42. The zero-order valence-electron chi connectivity index (χ0n) is 8.69. The number of hydrogen-bond donors (Lipinski definition) is 1. The second kappa shape index (κ2) is 3.48. The van der Waals surface area contributed by atoms with Gasteiger partial charge in [0.1, 0.15) is 22.3 Å². The molecule has 0 radical (unpaired) electrons. The van der Waals surface area contributed by atoms with Crippen molar-refractivity contribution in [3.63, 3.8) is 0 Å². The zero-order chi connectivity index (χ0) is 11.9. The fraction of sp³-hybridized carbons (Fsp3) is 0.200. The number of carbonyl (C=O) groups is 1. The summed E-state index contributed by atoms with van der Waals surface area (Å²) in [5, 5.41) is 8.85. The van der Waals surface area contributed by atoms with Gasteiger partial charge in [0.15, 0.2) is 5.82 Å². The monoisotopic (exact) mass is 224 g/mol. The lowest BCUT2D eigenvalue weighted by atomic mass is 10.1. The summed E-state index contributed by atoms with van der Waals surface area (Å²) in [6, 6.07) is 1.13. The van der Waals surface area contributed by atoms with Crippen molar-refractivity contribution in [2.75, 3.05) is 7.11 Å². The van der Waals surface area contributed by atoms with Crippen LogP contribution in [0.25, 0.3) is 11.0 Å². The van der Waals surface area contributed by atoms with Crippen molar-refractivity contribution in [3.8, 4) is 5.75 Å². The van der Waals surface area contributed by atoms with E-state index in [1.54, 1.807) is 7.05 Å². The van der Waals surface area contributed by atoms with Crippen LogP contribution in [0.5, 0.6) is 5.75 Å². The molecule has 0 aliphatic rings. The lowest BCUT2D eigenvalue weighted by molar-refractivity contribution is 0.0692. The van der Waals surface area contributed by atoms with Gasteiger partial charge in [-0.05, 0) is 0 Å². The van der Waals surface area contributed by atoms with Gasteiger partial charge in [-0.2, -0.15) is 0 Å². The standard InChI is InChI=1S/C10H9FN2O3/c1-13-4-12-8-6(16-2)3-5(10(14)15)7(11)9(8)13/h3-4H,1-2H3,(H,14,15). The number of carboxylic acids is 1. The molecule has 0 unspecified atom stereocenters. The lowest BCUT2D eigenvalue weighted by Gasteiger charge is -2.05. The number of fused-ring (bicyclic) bond motifs is 1. The van der Waals surface area contributed by atoms with Gasteiger partial charge >= 0.3 is 5.97 Å². The van der Waals surface area contributed by atoms with Crippen LogP contribution in [0.3, 0.4) is 0 Å². The van der Waals surface area contributed by atoms with E-state index in [0.29, 0.717) is 5.52 Å². The second-order valence-corrected chi connectivity index (χ2v) is 3.30. The summed E-state index contributed by atoms with van der Waals surface area (Å²) < 4.78 is 20.2. The van der Waals surface area contributed by atoms with E-state index in [9.17, 15) is 9.18 Å². The predicted molar refractivity (Wildman–Crippen MR) is 54.2 cm³/mol. The largest absolute Gasteiger partial charge is 0.494 e. The maximum atomic E-state index is 13.8. The Morgan fingerprint density at radius 3 is 2.88 bits per heavy atom. The number of carboxylic acid groups (broad SMARTS) is 1. The Morgan fingerprint density at radius 1 is 1.62 bits per heavy atom. The van der Waals surface area contributed by atoms with Gasteiger partial charge in [-0.25, -0.2) is 14.2 Å². The molecule has 5 nitrogen and oxygen atoms in total. The molecule has 0 aliphatic carbocycles. The number of hydrogen-bond acceptors (Lipinski definition) is 3. The quantitative estimate of drug-likeness (QED) is 0.837. The summed E-state index contributed by atoms with van der Waals surface area (Å²) >= 11 is 0. The highest BCUT2D eigenvalue weighted by atomic mass is 19.1. The fourth-order valence-electron chi connectivity index (χ4n) is 1.57. The van der Waals surface area contributed by atoms with E-state index in [1.165, 1.54) is 18.0 Å². The van der Waals surface area contributed by atoms with Crippen LogP contribution >= 0.6 is 0 Å². The third kappa shape index (κ3) is 1.30. The number of nitrogens with zero attached hydrogens (tertiary/aromatic N) is 2. The van der Waals surface area contributed by atoms with Gasteiger partial charge in [0, 0.05) is 13.1 Å². The van der Waals surface area contributed by atoms with Gasteiger partial charge in [-0.1, -0.05) is 0 Å². The molecule has 0 saturated carbocycles. The second-order valence-electron chi connectivity index (χ2n) is 3.30. The highest BCUT2D eigenvalue weighted by Gasteiger charge is 2.20. The minimum atomic E-state index is -1.33. The molecule has 6 heteroatoms. The van der Waals surface area contributed by atoms with Gasteiger partial charge in [0.05, 0.1) is 13.4 Å². The number of methoxy groups -OCH3 is 1. The molecule has 0 saturated heterocycles. The van der Waals surface area contributed by atoms with Crippen molar-refractivity contribution in [1.82, 2.24) is 9.55 Å². The Bertz CT molecular complexity index is 577. The number of ether oxygens (including phenoxy) is 1. The first-order valence-electron chi connectivity index (χ1n) is 4.47. The molecule has 1 aromatic carbocycles. The summed E-state index contributed by atoms with van der Waals surface area (Å²) in [6.07, 6.45) is 1.40. The van der Waals surface area contributed by atoms with Crippen LogP contribution in [-0.4, -0.2) is 27.7 Å². The van der Waals surface area contributed by atoms with Gasteiger partial charge in [-0.3, -0.25) is 0 Å². The minimum absolute atomic E-state index is 0.122. The first kappa shape index (κ1) is 10.4. The fourth-order valence-corrected chi connectivity index (χ4v) is 1.57. The number of aryl methyl sites for hydroxylation is 1. The molecule has 16 heavy (non-hydrogen) atoms. The van der Waals surface area contributed by atoms with E-state index in [-0.39, 0.29) is 11.3 Å². The molecule has 1 aromatic heterocycles. The van der Waals surface area contributed by atoms with E-state index in [1.807, 2.05) is 0 Å². The van der Waals surface area contributed by atoms with Crippen molar-refractivity contribution < 1.29 is 19.0 Å². The van der Waals surface area contributed by atoms with Crippen LogP contribution in [0.1, 0.15) is 10.4 Å². The Kier molecular flexibility index (Phi) is 2.26. The Balaban J connectivity index is 2.91. The van der Waals surface area contributed by atoms with Crippen LogP contribution in [0, 0.1) is 5.82 Å². The molecule has 1 heterocycles. The van der Waals surface area contributed by atoms with E-state index in [2.05, 4.69) is 4.98 Å². The number of halogens is 1. The van der Waals surface area contributed by atoms with Crippen molar-refractivity contribution in [2.45, 2.75) is 0 Å². The van der Waals surface area contributed by atoms with Crippen LogP contribution in [0.4, 0.5) is 4.39 Å². The van der Waals surface area contributed by atoms with E-state index < -0.39 is 17.3 Å². The third-order valence-corrected chi connectivity index (χ3v) is 2.34. The number of aromatic carboxylic acids is 1. The molecule has 2 rings (SSSR count). The topological polar surface area (TPSA) is 64.3 Å². The molecule has 0 atom stereocenters. The van der Waals surface area contributed by atoms with E-state index in [4.69, 9.17) is 9.84 Å². The minimum Gasteiger partial charge on any atom is -0.494 e. The smallest absolute Gasteiger partial charge is 0.338 e. The highest BCUT2D eigenvalue weighted by molar-refractivity contribution is 5.95. The lowest BCUT2D eigenvalue weighted by Crippen LogP contribution is -2.03. The summed E-state index contributed by atoms with van der Waals surface area (Å²) in [4.78, 5) is 14.8. The molecule has 0 bridgehead atoms. The Morgan fingerprint density at radius 2 is 2.31 bits per heavy atom. The normalized spacial score (nSPS) is 10.7. The molecule has 0 fully saturated rings. The molecule has 0 spiro atoms. The number of rotatable bonds is 2. The molecular weight excluding hydrogens is 215 g/mol. The van der Waals surface area contributed by atoms with Gasteiger partial charge in [0.2, 0.25) is 0 Å². The molecule has 0 amide bonds. The highest BCUT2D eigenvalue weighted by Crippen LogP contribution is 2.29. The summed E-state index contributed by atoms with van der Waals surface area (Å²) in [6.45, 7) is 0. The van der Waals surface area contributed by atoms with Crippen LogP contribution in [-0.2, 0) is 7.05 Å². The first-order chi connectivity index (χ1) is 7.56. The third-order valence-electron chi connectivity index (χ3n) is 2.34.